The fourth-order valence-corrected chi connectivity index (χ4v) is 5.31. The van der Waals surface area contributed by atoms with Crippen molar-refractivity contribution in [3.63, 3.8) is 0 Å². The van der Waals surface area contributed by atoms with Crippen LogP contribution in [0.3, 0.4) is 0 Å². The van der Waals surface area contributed by atoms with E-state index in [1.807, 2.05) is 6.20 Å². The molecule has 21 heavy (non-hydrogen) atoms. The van der Waals surface area contributed by atoms with E-state index in [0.717, 1.165) is 36.3 Å². The van der Waals surface area contributed by atoms with Crippen LogP contribution in [0.5, 0.6) is 0 Å². The highest BCUT2D eigenvalue weighted by atomic mass is 15.3. The summed E-state index contributed by atoms with van der Waals surface area (Å²) < 4.78 is 2.08. The van der Waals surface area contributed by atoms with E-state index in [2.05, 4.69) is 42.1 Å². The van der Waals surface area contributed by atoms with Crippen molar-refractivity contribution in [1.82, 2.24) is 15.1 Å². The Labute approximate surface area is 128 Å². The summed E-state index contributed by atoms with van der Waals surface area (Å²) in [6.45, 7) is 7.60. The summed E-state index contributed by atoms with van der Waals surface area (Å²) in [4.78, 5) is 0. The van der Waals surface area contributed by atoms with E-state index in [9.17, 15) is 0 Å². The fourth-order valence-electron chi connectivity index (χ4n) is 5.31. The predicted molar refractivity (Wildman–Crippen MR) is 84.9 cm³/mol. The molecule has 0 amide bonds. The van der Waals surface area contributed by atoms with Crippen LogP contribution >= 0.6 is 0 Å². The Hall–Kier alpha value is -0.830. The van der Waals surface area contributed by atoms with Gasteiger partial charge in [-0.05, 0) is 76.5 Å². The Morgan fingerprint density at radius 3 is 2.24 bits per heavy atom. The van der Waals surface area contributed by atoms with E-state index in [-0.39, 0.29) is 5.54 Å². The van der Waals surface area contributed by atoms with Crippen molar-refractivity contribution in [2.75, 3.05) is 0 Å². The van der Waals surface area contributed by atoms with Crippen LogP contribution in [0.1, 0.15) is 58.4 Å². The molecule has 3 heteroatoms. The Morgan fingerprint density at radius 2 is 1.71 bits per heavy atom. The molecule has 0 unspecified atom stereocenters. The molecule has 0 atom stereocenters. The lowest BCUT2D eigenvalue weighted by Gasteiger charge is -2.54. The average molecular weight is 287 g/mol. The van der Waals surface area contributed by atoms with E-state index in [1.54, 1.807) is 0 Å². The number of nitrogens with one attached hydrogen (secondary N) is 1. The molecular formula is C18H29N3. The summed E-state index contributed by atoms with van der Waals surface area (Å²) in [5.41, 5.74) is 1.42. The van der Waals surface area contributed by atoms with Gasteiger partial charge in [-0.3, -0.25) is 4.68 Å². The van der Waals surface area contributed by atoms with Crippen molar-refractivity contribution < 1.29 is 0 Å². The minimum absolute atomic E-state index is 0.0842. The summed E-state index contributed by atoms with van der Waals surface area (Å²) in [6, 6.07) is 0.774. The first-order valence-corrected chi connectivity index (χ1v) is 8.76. The molecule has 1 aromatic rings. The Balaban J connectivity index is 1.40. The Kier molecular flexibility index (Phi) is 3.18. The molecule has 3 nitrogen and oxygen atoms in total. The largest absolute Gasteiger partial charge is 0.309 e. The number of hydrogen-bond donors (Lipinski definition) is 1. The molecule has 4 aliphatic carbocycles. The molecule has 116 valence electrons. The predicted octanol–water partition coefficient (Wildman–Crippen LogP) is 3.55. The highest BCUT2D eigenvalue weighted by Crippen LogP contribution is 2.53. The molecular weight excluding hydrogens is 258 g/mol. The average Bonchev–Trinajstić information content (AvgIpc) is 2.85. The highest BCUT2D eigenvalue weighted by Gasteiger charge is 2.47. The third kappa shape index (κ3) is 2.54. The van der Waals surface area contributed by atoms with Crippen molar-refractivity contribution in [3.8, 4) is 0 Å². The molecule has 0 saturated heterocycles. The SMILES string of the molecule is CC(C)(C)n1cc(CNC2C3CC4CC(C3)CC2C4)cn1. The van der Waals surface area contributed by atoms with Gasteiger partial charge in [0.05, 0.1) is 11.7 Å². The second-order valence-corrected chi connectivity index (χ2v) is 8.80. The zero-order valence-electron chi connectivity index (χ0n) is 13.7. The maximum Gasteiger partial charge on any atom is 0.0543 e. The Morgan fingerprint density at radius 1 is 1.10 bits per heavy atom. The molecule has 1 N–H and O–H groups in total. The minimum atomic E-state index is 0.0842. The molecule has 4 saturated carbocycles. The van der Waals surface area contributed by atoms with Crippen molar-refractivity contribution in [3.05, 3.63) is 18.0 Å². The van der Waals surface area contributed by atoms with Crippen LogP contribution < -0.4 is 5.32 Å². The third-order valence-corrected chi connectivity index (χ3v) is 6.09. The summed E-state index contributed by atoms with van der Waals surface area (Å²) in [5.74, 6) is 4.04. The topological polar surface area (TPSA) is 29.9 Å². The van der Waals surface area contributed by atoms with Crippen LogP contribution in [0.25, 0.3) is 0 Å². The summed E-state index contributed by atoms with van der Waals surface area (Å²) in [6.07, 6.45) is 11.8. The number of nitrogens with zero attached hydrogens (tertiary/aromatic N) is 2. The van der Waals surface area contributed by atoms with Crippen molar-refractivity contribution in [2.24, 2.45) is 23.7 Å². The maximum atomic E-state index is 4.52. The molecule has 4 aliphatic rings. The molecule has 0 aliphatic heterocycles. The normalized spacial score (nSPS) is 38.1. The van der Waals surface area contributed by atoms with Crippen molar-refractivity contribution >= 4 is 0 Å². The molecule has 1 aromatic heterocycles. The van der Waals surface area contributed by atoms with Gasteiger partial charge < -0.3 is 5.32 Å². The molecule has 4 bridgehead atoms. The van der Waals surface area contributed by atoms with Gasteiger partial charge in [-0.15, -0.1) is 0 Å². The lowest BCUT2D eigenvalue weighted by atomic mass is 9.54. The van der Waals surface area contributed by atoms with Crippen LogP contribution in [-0.4, -0.2) is 15.8 Å². The van der Waals surface area contributed by atoms with E-state index in [0.29, 0.717) is 0 Å². The summed E-state index contributed by atoms with van der Waals surface area (Å²) >= 11 is 0. The second-order valence-electron chi connectivity index (χ2n) is 8.80. The Bertz CT molecular complexity index is 483. The second kappa shape index (κ2) is 4.84. The molecule has 0 radical (unpaired) electrons. The molecule has 1 heterocycles. The van der Waals surface area contributed by atoms with Gasteiger partial charge in [-0.2, -0.15) is 5.10 Å². The van der Waals surface area contributed by atoms with Crippen LogP contribution in [0.4, 0.5) is 0 Å². The number of hydrogen-bond acceptors (Lipinski definition) is 2. The van der Waals surface area contributed by atoms with E-state index in [1.165, 1.54) is 37.7 Å². The smallest absolute Gasteiger partial charge is 0.0543 e. The molecule has 0 spiro atoms. The summed E-state index contributed by atoms with van der Waals surface area (Å²) in [7, 11) is 0. The van der Waals surface area contributed by atoms with Gasteiger partial charge in [0, 0.05) is 24.3 Å². The minimum Gasteiger partial charge on any atom is -0.309 e. The quantitative estimate of drug-likeness (QED) is 0.921. The molecule has 5 rings (SSSR count). The highest BCUT2D eigenvalue weighted by molar-refractivity contribution is 5.07. The lowest BCUT2D eigenvalue weighted by molar-refractivity contribution is -0.0142. The molecule has 4 fully saturated rings. The van der Waals surface area contributed by atoms with Gasteiger partial charge in [-0.25, -0.2) is 0 Å². The van der Waals surface area contributed by atoms with E-state index >= 15 is 0 Å². The summed E-state index contributed by atoms with van der Waals surface area (Å²) in [5, 5.41) is 8.41. The van der Waals surface area contributed by atoms with E-state index in [4.69, 9.17) is 0 Å². The first-order valence-electron chi connectivity index (χ1n) is 8.76. The van der Waals surface area contributed by atoms with Gasteiger partial charge in [0.25, 0.3) is 0 Å². The lowest BCUT2D eigenvalue weighted by Crippen LogP contribution is -2.54. The zero-order valence-corrected chi connectivity index (χ0v) is 13.7. The number of rotatable bonds is 3. The number of aromatic nitrogens is 2. The van der Waals surface area contributed by atoms with Crippen molar-refractivity contribution in [1.29, 1.82) is 0 Å². The first kappa shape index (κ1) is 13.8. The van der Waals surface area contributed by atoms with Crippen molar-refractivity contribution in [2.45, 2.75) is 71.0 Å². The van der Waals surface area contributed by atoms with Gasteiger partial charge in [0.1, 0.15) is 0 Å². The van der Waals surface area contributed by atoms with Crippen LogP contribution in [0, 0.1) is 23.7 Å². The van der Waals surface area contributed by atoms with Gasteiger partial charge in [0.15, 0.2) is 0 Å². The van der Waals surface area contributed by atoms with Gasteiger partial charge in [-0.1, -0.05) is 0 Å². The maximum absolute atomic E-state index is 4.52. The first-order chi connectivity index (χ1) is 9.99. The van der Waals surface area contributed by atoms with Crippen LogP contribution in [-0.2, 0) is 12.1 Å². The van der Waals surface area contributed by atoms with Gasteiger partial charge in [0.2, 0.25) is 0 Å². The fraction of sp³-hybridized carbons (Fsp3) is 0.833. The third-order valence-electron chi connectivity index (χ3n) is 6.09. The zero-order chi connectivity index (χ0) is 14.6. The monoisotopic (exact) mass is 287 g/mol. The van der Waals surface area contributed by atoms with Gasteiger partial charge >= 0.3 is 0 Å². The standard InChI is InChI=1S/C18H29N3/c1-18(2,3)21-11-14(10-20-21)9-19-17-15-5-12-4-13(7-15)8-16(17)6-12/h10-13,15-17,19H,4-9H2,1-3H3. The molecule has 0 aromatic carbocycles. The van der Waals surface area contributed by atoms with Crippen LogP contribution in [0.2, 0.25) is 0 Å². The van der Waals surface area contributed by atoms with E-state index < -0.39 is 0 Å². The van der Waals surface area contributed by atoms with Crippen LogP contribution in [0.15, 0.2) is 12.4 Å².